The smallest absolute Gasteiger partial charge is 0.236 e. The molecule has 4 heteroatoms. The summed E-state index contributed by atoms with van der Waals surface area (Å²) in [4.78, 5) is 26.0. The number of nitrogens with zero attached hydrogens (tertiary/aromatic N) is 1. The zero-order valence-corrected chi connectivity index (χ0v) is 12.6. The van der Waals surface area contributed by atoms with Gasteiger partial charge in [0.1, 0.15) is 6.42 Å². The van der Waals surface area contributed by atoms with Gasteiger partial charge in [0.05, 0.1) is 0 Å². The molecule has 1 heterocycles. The van der Waals surface area contributed by atoms with Crippen LogP contribution in [0.15, 0.2) is 24.3 Å². The van der Waals surface area contributed by atoms with Gasteiger partial charge in [0.2, 0.25) is 11.8 Å². The lowest BCUT2D eigenvalue weighted by Crippen LogP contribution is -2.44. The van der Waals surface area contributed by atoms with Crippen LogP contribution in [0, 0.1) is 0 Å². The summed E-state index contributed by atoms with van der Waals surface area (Å²) in [7, 11) is 0. The van der Waals surface area contributed by atoms with Gasteiger partial charge in [-0.2, -0.15) is 0 Å². The first-order valence-electron chi connectivity index (χ1n) is 6.99. The first-order chi connectivity index (χ1) is 9.28. The van der Waals surface area contributed by atoms with Crippen LogP contribution in [0.25, 0.3) is 0 Å². The molecule has 0 saturated heterocycles. The summed E-state index contributed by atoms with van der Waals surface area (Å²) in [6.45, 7) is 7.73. The SMILES string of the molecule is CC1Cc2ccccc2N1C(=O)CC(=O)NC(C)(C)C. The molecule has 4 nitrogen and oxygen atoms in total. The van der Waals surface area contributed by atoms with Gasteiger partial charge in [-0.05, 0) is 45.7 Å². The van der Waals surface area contributed by atoms with E-state index in [9.17, 15) is 9.59 Å². The highest BCUT2D eigenvalue weighted by molar-refractivity contribution is 6.06. The highest BCUT2D eigenvalue weighted by Gasteiger charge is 2.31. The normalized spacial score (nSPS) is 17.8. The summed E-state index contributed by atoms with van der Waals surface area (Å²) in [6.07, 6.45) is 0.749. The fourth-order valence-electron chi connectivity index (χ4n) is 2.63. The number of anilines is 1. The molecule has 20 heavy (non-hydrogen) atoms. The molecule has 1 N–H and O–H groups in total. The van der Waals surface area contributed by atoms with Gasteiger partial charge in [-0.3, -0.25) is 9.59 Å². The van der Waals surface area contributed by atoms with Gasteiger partial charge in [-0.25, -0.2) is 0 Å². The molecule has 1 aliphatic heterocycles. The lowest BCUT2D eigenvalue weighted by molar-refractivity contribution is -0.128. The minimum absolute atomic E-state index is 0.101. The lowest BCUT2D eigenvalue weighted by Gasteiger charge is -2.24. The van der Waals surface area contributed by atoms with E-state index in [1.165, 1.54) is 5.56 Å². The minimum atomic E-state index is -0.314. The van der Waals surface area contributed by atoms with Gasteiger partial charge in [-0.15, -0.1) is 0 Å². The number of rotatable bonds is 2. The Balaban J connectivity index is 2.08. The van der Waals surface area contributed by atoms with Crippen molar-refractivity contribution < 1.29 is 9.59 Å². The third-order valence-electron chi connectivity index (χ3n) is 3.30. The fourth-order valence-corrected chi connectivity index (χ4v) is 2.63. The first kappa shape index (κ1) is 14.6. The highest BCUT2D eigenvalue weighted by atomic mass is 16.2. The van der Waals surface area contributed by atoms with Crippen molar-refractivity contribution in [2.75, 3.05) is 4.90 Å². The molecule has 1 atom stereocenters. The summed E-state index contributed by atoms with van der Waals surface area (Å²) in [5.74, 6) is -0.358. The van der Waals surface area contributed by atoms with E-state index in [1.54, 1.807) is 4.90 Å². The van der Waals surface area contributed by atoms with E-state index in [-0.39, 0.29) is 29.8 Å². The molecule has 2 amide bonds. The van der Waals surface area contributed by atoms with E-state index in [1.807, 2.05) is 52.0 Å². The van der Waals surface area contributed by atoms with Crippen LogP contribution in [-0.2, 0) is 16.0 Å². The summed E-state index contributed by atoms with van der Waals surface area (Å²) >= 11 is 0. The zero-order chi connectivity index (χ0) is 14.9. The first-order valence-corrected chi connectivity index (χ1v) is 6.99. The predicted molar refractivity (Wildman–Crippen MR) is 79.6 cm³/mol. The molecule has 0 fully saturated rings. The molecule has 1 aromatic rings. The van der Waals surface area contributed by atoms with Gasteiger partial charge >= 0.3 is 0 Å². The Kier molecular flexibility index (Phi) is 3.84. The van der Waals surface area contributed by atoms with E-state index in [0.717, 1.165) is 12.1 Å². The molecule has 0 aliphatic carbocycles. The van der Waals surface area contributed by atoms with Crippen LogP contribution >= 0.6 is 0 Å². The Morgan fingerprint density at radius 2 is 1.95 bits per heavy atom. The molecule has 2 rings (SSSR count). The Bertz CT molecular complexity index is 532. The molecule has 0 aromatic heterocycles. The number of nitrogens with one attached hydrogen (secondary N) is 1. The maximum Gasteiger partial charge on any atom is 0.236 e. The van der Waals surface area contributed by atoms with Crippen molar-refractivity contribution in [1.29, 1.82) is 0 Å². The van der Waals surface area contributed by atoms with Crippen LogP contribution in [0.3, 0.4) is 0 Å². The van der Waals surface area contributed by atoms with Crippen LogP contribution in [-0.4, -0.2) is 23.4 Å². The average Bonchev–Trinajstić information content (AvgIpc) is 2.61. The average molecular weight is 274 g/mol. The van der Waals surface area contributed by atoms with Gasteiger partial charge in [-0.1, -0.05) is 18.2 Å². The monoisotopic (exact) mass is 274 g/mol. The minimum Gasteiger partial charge on any atom is -0.351 e. The number of carbonyl (C=O) groups is 2. The largest absolute Gasteiger partial charge is 0.351 e. The summed E-state index contributed by atoms with van der Waals surface area (Å²) in [6, 6.07) is 7.99. The Morgan fingerprint density at radius 1 is 1.30 bits per heavy atom. The van der Waals surface area contributed by atoms with Gasteiger partial charge in [0.25, 0.3) is 0 Å². The molecule has 1 aliphatic rings. The van der Waals surface area contributed by atoms with Crippen molar-refractivity contribution >= 4 is 17.5 Å². The molecule has 108 valence electrons. The summed E-state index contributed by atoms with van der Waals surface area (Å²) < 4.78 is 0. The fraction of sp³-hybridized carbons (Fsp3) is 0.500. The van der Waals surface area contributed by atoms with Gasteiger partial charge < -0.3 is 10.2 Å². The summed E-state index contributed by atoms with van der Waals surface area (Å²) in [5, 5.41) is 2.83. The van der Waals surface area contributed by atoms with E-state index in [4.69, 9.17) is 0 Å². The quantitative estimate of drug-likeness (QED) is 0.841. The topological polar surface area (TPSA) is 49.4 Å². The number of hydrogen-bond donors (Lipinski definition) is 1. The van der Waals surface area contributed by atoms with E-state index < -0.39 is 0 Å². The Hall–Kier alpha value is -1.84. The van der Waals surface area contributed by atoms with Gasteiger partial charge in [0, 0.05) is 17.3 Å². The predicted octanol–water partition coefficient (Wildman–Crippen LogP) is 2.27. The van der Waals surface area contributed by atoms with Crippen molar-refractivity contribution in [3.63, 3.8) is 0 Å². The molecule has 0 saturated carbocycles. The standard InChI is InChI=1S/C16H22N2O2/c1-11-9-12-7-5-6-8-13(12)18(11)15(20)10-14(19)17-16(2,3)4/h5-8,11H,9-10H2,1-4H3,(H,17,19). The van der Waals surface area contributed by atoms with Crippen molar-refractivity contribution in [2.24, 2.45) is 0 Å². The number of fused-ring (bicyclic) bond motifs is 1. The zero-order valence-electron chi connectivity index (χ0n) is 12.6. The van der Waals surface area contributed by atoms with Crippen LogP contribution in [0.1, 0.15) is 39.7 Å². The third kappa shape index (κ3) is 3.18. The third-order valence-corrected chi connectivity index (χ3v) is 3.30. The molecular weight excluding hydrogens is 252 g/mol. The van der Waals surface area contributed by atoms with Crippen LogP contribution in [0.5, 0.6) is 0 Å². The van der Waals surface area contributed by atoms with Crippen molar-refractivity contribution in [3.05, 3.63) is 29.8 Å². The number of benzene rings is 1. The lowest BCUT2D eigenvalue weighted by atomic mass is 10.1. The molecule has 1 aromatic carbocycles. The highest BCUT2D eigenvalue weighted by Crippen LogP contribution is 2.32. The summed E-state index contributed by atoms with van der Waals surface area (Å²) in [5.41, 5.74) is 1.80. The van der Waals surface area contributed by atoms with E-state index in [0.29, 0.717) is 0 Å². The molecule has 0 radical (unpaired) electrons. The van der Waals surface area contributed by atoms with E-state index >= 15 is 0 Å². The van der Waals surface area contributed by atoms with Crippen LogP contribution in [0.4, 0.5) is 5.69 Å². The van der Waals surface area contributed by atoms with Crippen LogP contribution in [0.2, 0.25) is 0 Å². The molecular formula is C16H22N2O2. The maximum atomic E-state index is 12.4. The van der Waals surface area contributed by atoms with Gasteiger partial charge in [0.15, 0.2) is 0 Å². The van der Waals surface area contributed by atoms with Crippen molar-refractivity contribution in [3.8, 4) is 0 Å². The van der Waals surface area contributed by atoms with Crippen molar-refractivity contribution in [2.45, 2.75) is 52.1 Å². The second kappa shape index (κ2) is 5.27. The second-order valence-corrected chi connectivity index (χ2v) is 6.42. The number of para-hydroxylation sites is 1. The Morgan fingerprint density at radius 3 is 2.60 bits per heavy atom. The molecule has 0 spiro atoms. The molecule has 1 unspecified atom stereocenters. The number of amides is 2. The molecule has 0 bridgehead atoms. The second-order valence-electron chi connectivity index (χ2n) is 6.42. The number of hydrogen-bond acceptors (Lipinski definition) is 2. The van der Waals surface area contributed by atoms with Crippen molar-refractivity contribution in [1.82, 2.24) is 5.32 Å². The maximum absolute atomic E-state index is 12.4. The van der Waals surface area contributed by atoms with E-state index in [2.05, 4.69) is 5.32 Å². The van der Waals surface area contributed by atoms with Crippen LogP contribution < -0.4 is 10.2 Å². The Labute approximate surface area is 120 Å². The number of carbonyl (C=O) groups excluding carboxylic acids is 2.